The summed E-state index contributed by atoms with van der Waals surface area (Å²) in [5.74, 6) is 1.92. The summed E-state index contributed by atoms with van der Waals surface area (Å²) >= 11 is 0. The summed E-state index contributed by atoms with van der Waals surface area (Å²) in [7, 11) is 2.20. The van der Waals surface area contributed by atoms with E-state index in [0.717, 1.165) is 23.8 Å². The number of hydrogen-bond donors (Lipinski definition) is 0. The van der Waals surface area contributed by atoms with Crippen molar-refractivity contribution in [3.05, 3.63) is 158 Å². The van der Waals surface area contributed by atoms with Gasteiger partial charge in [-0.15, -0.1) is 0 Å². The predicted octanol–water partition coefficient (Wildman–Crippen LogP) is 8.60. The molecule has 0 radical (unpaired) electrons. The lowest BCUT2D eigenvalue weighted by Gasteiger charge is -2.26. The van der Waals surface area contributed by atoms with Crippen LogP contribution in [0.4, 0.5) is 0 Å². The van der Waals surface area contributed by atoms with E-state index in [9.17, 15) is 0 Å². The molecule has 0 aliphatic carbocycles. The first kappa shape index (κ1) is 29.8. The van der Waals surface area contributed by atoms with Crippen LogP contribution in [0.15, 0.2) is 158 Å². The van der Waals surface area contributed by atoms with Gasteiger partial charge in [0, 0.05) is 10.6 Å². The van der Waals surface area contributed by atoms with Crippen molar-refractivity contribution < 1.29 is 9.47 Å². The molecule has 0 spiro atoms. The standard InChI is InChI=1S/C40H36O2P2/c1-41-37-17-9-11-19-39(37)43(35-25-21-33(22-26-35)31-13-5-3-6-14-31)29-30-44(40-20-12-10-18-38(40)42-2)36-27-23-34(24-28-36)32-15-7-4-8-16-32/h3-28H,29-30H2,1-2H3. The molecule has 0 aliphatic rings. The van der Waals surface area contributed by atoms with Crippen molar-refractivity contribution in [2.45, 2.75) is 0 Å². The predicted molar refractivity (Wildman–Crippen MR) is 192 cm³/mol. The third-order valence-electron chi connectivity index (χ3n) is 7.87. The van der Waals surface area contributed by atoms with E-state index in [-0.39, 0.29) is 0 Å². The molecule has 6 rings (SSSR count). The maximum atomic E-state index is 5.91. The van der Waals surface area contributed by atoms with Crippen LogP contribution >= 0.6 is 15.8 Å². The van der Waals surface area contributed by atoms with Gasteiger partial charge in [0.1, 0.15) is 11.5 Å². The van der Waals surface area contributed by atoms with E-state index >= 15 is 0 Å². The molecule has 0 bridgehead atoms. The molecule has 6 aromatic carbocycles. The van der Waals surface area contributed by atoms with Gasteiger partial charge in [-0.1, -0.05) is 146 Å². The smallest absolute Gasteiger partial charge is 0.126 e. The van der Waals surface area contributed by atoms with Crippen LogP contribution in [0, 0.1) is 0 Å². The quantitative estimate of drug-likeness (QED) is 0.137. The highest BCUT2D eigenvalue weighted by Gasteiger charge is 2.23. The Hall–Kier alpha value is -4.22. The highest BCUT2D eigenvalue weighted by molar-refractivity contribution is 7.76. The Morgan fingerprint density at radius 1 is 0.364 bits per heavy atom. The molecule has 0 aromatic heterocycles. The first-order valence-electron chi connectivity index (χ1n) is 14.9. The Kier molecular flexibility index (Phi) is 9.83. The third-order valence-corrected chi connectivity index (χ3v) is 13.3. The Bertz CT molecular complexity index is 1630. The molecule has 4 heteroatoms. The van der Waals surface area contributed by atoms with Crippen LogP contribution in [0.2, 0.25) is 0 Å². The average Bonchev–Trinajstić information content (AvgIpc) is 3.11. The molecule has 6 aromatic rings. The van der Waals surface area contributed by atoms with Crippen LogP contribution in [0.3, 0.4) is 0 Å². The third kappa shape index (κ3) is 6.79. The first-order chi connectivity index (χ1) is 21.7. The van der Waals surface area contributed by atoms with Gasteiger partial charge in [-0.2, -0.15) is 0 Å². The van der Waals surface area contributed by atoms with Gasteiger partial charge >= 0.3 is 0 Å². The fourth-order valence-electron chi connectivity index (χ4n) is 5.61. The second-order valence-electron chi connectivity index (χ2n) is 10.5. The van der Waals surface area contributed by atoms with Crippen molar-refractivity contribution in [1.82, 2.24) is 0 Å². The molecule has 2 nitrogen and oxygen atoms in total. The molecule has 218 valence electrons. The van der Waals surface area contributed by atoms with E-state index in [0.29, 0.717) is 0 Å². The zero-order valence-electron chi connectivity index (χ0n) is 25.1. The summed E-state index contributed by atoms with van der Waals surface area (Å²) in [5, 5.41) is 5.29. The van der Waals surface area contributed by atoms with Crippen molar-refractivity contribution in [2.24, 2.45) is 0 Å². The van der Waals surface area contributed by atoms with Crippen LogP contribution in [-0.4, -0.2) is 26.5 Å². The minimum Gasteiger partial charge on any atom is -0.496 e. The van der Waals surface area contributed by atoms with E-state index in [1.165, 1.54) is 43.5 Å². The van der Waals surface area contributed by atoms with Gasteiger partial charge in [-0.3, -0.25) is 0 Å². The summed E-state index contributed by atoms with van der Waals surface area (Å²) in [6, 6.07) is 56.6. The largest absolute Gasteiger partial charge is 0.496 e. The summed E-state index contributed by atoms with van der Waals surface area (Å²) in [5.41, 5.74) is 4.94. The molecule has 0 heterocycles. The van der Waals surface area contributed by atoms with Crippen molar-refractivity contribution >= 4 is 37.1 Å². The van der Waals surface area contributed by atoms with Crippen LogP contribution in [0.25, 0.3) is 22.3 Å². The van der Waals surface area contributed by atoms with Gasteiger partial charge in [0.25, 0.3) is 0 Å². The molecule has 0 fully saturated rings. The second kappa shape index (κ2) is 14.5. The number of para-hydroxylation sites is 2. The van der Waals surface area contributed by atoms with Crippen molar-refractivity contribution in [3.8, 4) is 33.8 Å². The second-order valence-corrected chi connectivity index (χ2v) is 15.1. The van der Waals surface area contributed by atoms with Gasteiger partial charge in [0.05, 0.1) is 14.2 Å². The maximum absolute atomic E-state index is 5.91. The lowest BCUT2D eigenvalue weighted by Crippen LogP contribution is -2.21. The van der Waals surface area contributed by atoms with Gasteiger partial charge in [-0.25, -0.2) is 0 Å². The molecule has 0 N–H and O–H groups in total. The summed E-state index contributed by atoms with van der Waals surface area (Å²) in [6.45, 7) is 0. The number of ether oxygens (including phenoxy) is 2. The summed E-state index contributed by atoms with van der Waals surface area (Å²) in [4.78, 5) is 0. The number of methoxy groups -OCH3 is 2. The van der Waals surface area contributed by atoms with Gasteiger partial charge in [0.2, 0.25) is 0 Å². The highest BCUT2D eigenvalue weighted by atomic mass is 31.1. The van der Waals surface area contributed by atoms with E-state index in [2.05, 4.69) is 158 Å². The minimum absolute atomic E-state index is 0.678. The first-order valence-corrected chi connectivity index (χ1v) is 17.9. The van der Waals surface area contributed by atoms with Crippen molar-refractivity contribution in [2.75, 3.05) is 26.5 Å². The Morgan fingerprint density at radius 2 is 0.682 bits per heavy atom. The molecule has 0 saturated heterocycles. The van der Waals surface area contributed by atoms with Gasteiger partial charge in [-0.05, 0) is 73.2 Å². The Labute approximate surface area is 263 Å². The van der Waals surface area contributed by atoms with Gasteiger partial charge in [0.15, 0.2) is 0 Å². The molecule has 0 amide bonds. The monoisotopic (exact) mass is 610 g/mol. The lowest BCUT2D eigenvalue weighted by atomic mass is 10.1. The number of hydrogen-bond acceptors (Lipinski definition) is 2. The van der Waals surface area contributed by atoms with Crippen molar-refractivity contribution in [3.63, 3.8) is 0 Å². The zero-order valence-corrected chi connectivity index (χ0v) is 26.9. The SMILES string of the molecule is COc1ccccc1P(CCP(c1ccc(-c2ccccc2)cc1)c1ccccc1OC)c1ccc(-c2ccccc2)cc1. The number of benzene rings is 6. The summed E-state index contributed by atoms with van der Waals surface area (Å²) in [6.07, 6.45) is 2.06. The van der Waals surface area contributed by atoms with Crippen LogP contribution in [0.1, 0.15) is 0 Å². The maximum Gasteiger partial charge on any atom is 0.126 e. The average molecular weight is 611 g/mol. The Morgan fingerprint density at radius 3 is 1.05 bits per heavy atom. The molecular formula is C40H36O2P2. The normalized spacial score (nSPS) is 12.3. The van der Waals surface area contributed by atoms with Gasteiger partial charge < -0.3 is 9.47 Å². The fourth-order valence-corrected chi connectivity index (χ4v) is 11.2. The highest BCUT2D eigenvalue weighted by Crippen LogP contribution is 2.44. The molecule has 2 atom stereocenters. The zero-order chi connectivity index (χ0) is 30.1. The van der Waals surface area contributed by atoms with Crippen LogP contribution < -0.4 is 30.7 Å². The lowest BCUT2D eigenvalue weighted by molar-refractivity contribution is 0.418. The molecular weight excluding hydrogens is 574 g/mol. The van der Waals surface area contributed by atoms with E-state index in [4.69, 9.17) is 9.47 Å². The summed E-state index contributed by atoms with van der Waals surface area (Å²) < 4.78 is 11.8. The molecule has 44 heavy (non-hydrogen) atoms. The minimum atomic E-state index is -0.678. The topological polar surface area (TPSA) is 18.5 Å². The molecule has 2 unspecified atom stereocenters. The fraction of sp³-hybridized carbons (Fsp3) is 0.100. The van der Waals surface area contributed by atoms with Crippen LogP contribution in [0.5, 0.6) is 11.5 Å². The molecule has 0 saturated carbocycles. The number of rotatable bonds is 11. The van der Waals surface area contributed by atoms with E-state index < -0.39 is 15.8 Å². The molecule has 0 aliphatic heterocycles. The van der Waals surface area contributed by atoms with Crippen LogP contribution in [-0.2, 0) is 0 Å². The Balaban J connectivity index is 1.36. The van der Waals surface area contributed by atoms with E-state index in [1.54, 1.807) is 14.2 Å². The van der Waals surface area contributed by atoms with Crippen molar-refractivity contribution in [1.29, 1.82) is 0 Å². The van der Waals surface area contributed by atoms with E-state index in [1.807, 2.05) is 0 Å².